The first-order valence-corrected chi connectivity index (χ1v) is 9.65. The number of carbonyl (C=O) groups is 1. The zero-order valence-electron chi connectivity index (χ0n) is 11.7. The minimum Gasteiger partial charge on any atom is -0.312 e. The summed E-state index contributed by atoms with van der Waals surface area (Å²) >= 11 is 4.40. The Balaban J connectivity index is 1.91. The first-order chi connectivity index (χ1) is 10.4. The summed E-state index contributed by atoms with van der Waals surface area (Å²) in [6, 6.07) is 8.54. The molecule has 1 aromatic heterocycles. The molecule has 3 rings (SSSR count). The normalized spacial score (nSPS) is 14.0. The molecule has 1 aliphatic heterocycles. The minimum absolute atomic E-state index is 0.0408. The standard InChI is InChI=1S/C14H13BrN2O3S2/c1-9(18)17-7-6-10-2-3-11(8-12(10)17)16-22(19,20)14-5-4-13(15)21-14/h2-5,8,16H,6-7H2,1H3. The molecule has 116 valence electrons. The Hall–Kier alpha value is -1.38. The summed E-state index contributed by atoms with van der Waals surface area (Å²) in [7, 11) is -3.61. The van der Waals surface area contributed by atoms with E-state index in [4.69, 9.17) is 0 Å². The van der Waals surface area contributed by atoms with E-state index >= 15 is 0 Å². The monoisotopic (exact) mass is 400 g/mol. The second-order valence-corrected chi connectivity index (χ2v) is 9.30. The molecule has 0 bridgehead atoms. The number of hydrogen-bond donors (Lipinski definition) is 1. The number of hydrogen-bond acceptors (Lipinski definition) is 4. The van der Waals surface area contributed by atoms with Crippen molar-refractivity contribution >= 4 is 54.6 Å². The summed E-state index contributed by atoms with van der Waals surface area (Å²) in [6.07, 6.45) is 0.791. The number of carbonyl (C=O) groups excluding carboxylic acids is 1. The van der Waals surface area contributed by atoms with Crippen molar-refractivity contribution in [1.29, 1.82) is 0 Å². The van der Waals surface area contributed by atoms with E-state index in [2.05, 4.69) is 20.7 Å². The van der Waals surface area contributed by atoms with Gasteiger partial charge in [0.2, 0.25) is 5.91 Å². The number of nitrogens with one attached hydrogen (secondary N) is 1. The Kier molecular flexibility index (Phi) is 4.00. The van der Waals surface area contributed by atoms with Gasteiger partial charge in [0.15, 0.2) is 0 Å². The van der Waals surface area contributed by atoms with E-state index in [-0.39, 0.29) is 10.1 Å². The number of anilines is 2. The lowest BCUT2D eigenvalue weighted by molar-refractivity contribution is -0.116. The second-order valence-electron chi connectivity index (χ2n) is 4.93. The smallest absolute Gasteiger partial charge is 0.271 e. The van der Waals surface area contributed by atoms with Gasteiger partial charge in [0, 0.05) is 19.2 Å². The van der Waals surface area contributed by atoms with Gasteiger partial charge in [-0.15, -0.1) is 11.3 Å². The maximum absolute atomic E-state index is 12.3. The molecular weight excluding hydrogens is 388 g/mol. The van der Waals surface area contributed by atoms with Crippen LogP contribution in [0.15, 0.2) is 38.3 Å². The lowest BCUT2D eigenvalue weighted by Crippen LogP contribution is -2.25. The molecule has 8 heteroatoms. The molecular formula is C14H13BrN2O3S2. The molecule has 2 aromatic rings. The van der Waals surface area contributed by atoms with Crippen LogP contribution in [0.5, 0.6) is 0 Å². The highest BCUT2D eigenvalue weighted by atomic mass is 79.9. The molecule has 1 aliphatic rings. The number of amides is 1. The van der Waals surface area contributed by atoms with Crippen LogP contribution in [0, 0.1) is 0 Å². The molecule has 0 saturated carbocycles. The Morgan fingerprint density at radius 2 is 2.09 bits per heavy atom. The highest BCUT2D eigenvalue weighted by Crippen LogP contribution is 2.33. The van der Waals surface area contributed by atoms with Gasteiger partial charge >= 0.3 is 0 Å². The first-order valence-electron chi connectivity index (χ1n) is 6.56. The highest BCUT2D eigenvalue weighted by molar-refractivity contribution is 9.11. The number of fused-ring (bicyclic) bond motifs is 1. The van der Waals surface area contributed by atoms with Gasteiger partial charge in [0.05, 0.1) is 9.47 Å². The summed E-state index contributed by atoms with van der Waals surface area (Å²) in [5.41, 5.74) is 2.29. The van der Waals surface area contributed by atoms with E-state index in [0.717, 1.165) is 32.8 Å². The maximum atomic E-state index is 12.3. The van der Waals surface area contributed by atoms with Crippen LogP contribution in [-0.2, 0) is 21.2 Å². The third-order valence-corrected chi connectivity index (χ3v) is 6.92. The number of benzene rings is 1. The summed E-state index contributed by atoms with van der Waals surface area (Å²) in [5, 5.41) is 0. The van der Waals surface area contributed by atoms with E-state index < -0.39 is 10.0 Å². The third kappa shape index (κ3) is 2.90. The van der Waals surface area contributed by atoms with Crippen LogP contribution in [0.2, 0.25) is 0 Å². The Morgan fingerprint density at radius 3 is 2.73 bits per heavy atom. The average molecular weight is 401 g/mol. The quantitative estimate of drug-likeness (QED) is 0.859. The number of thiophene rings is 1. The van der Waals surface area contributed by atoms with Gasteiger partial charge < -0.3 is 4.90 Å². The second kappa shape index (κ2) is 5.68. The maximum Gasteiger partial charge on any atom is 0.271 e. The lowest BCUT2D eigenvalue weighted by atomic mass is 10.1. The summed E-state index contributed by atoms with van der Waals surface area (Å²) < 4.78 is 28.2. The molecule has 1 N–H and O–H groups in total. The zero-order chi connectivity index (χ0) is 15.9. The van der Waals surface area contributed by atoms with Crippen molar-refractivity contribution in [1.82, 2.24) is 0 Å². The molecule has 2 heterocycles. The van der Waals surface area contributed by atoms with Crippen LogP contribution in [0.4, 0.5) is 11.4 Å². The largest absolute Gasteiger partial charge is 0.312 e. The number of rotatable bonds is 3. The van der Waals surface area contributed by atoms with Crippen molar-refractivity contribution in [2.24, 2.45) is 0 Å². The van der Waals surface area contributed by atoms with Crippen LogP contribution in [0.1, 0.15) is 12.5 Å². The third-order valence-electron chi connectivity index (χ3n) is 3.43. The molecule has 0 radical (unpaired) electrons. The van der Waals surface area contributed by atoms with Gasteiger partial charge in [-0.3, -0.25) is 9.52 Å². The predicted octanol–water partition coefficient (Wildman–Crippen LogP) is 3.22. The van der Waals surface area contributed by atoms with Crippen LogP contribution in [-0.4, -0.2) is 20.9 Å². The van der Waals surface area contributed by atoms with Crippen molar-refractivity contribution in [3.05, 3.63) is 39.7 Å². The fourth-order valence-electron chi connectivity index (χ4n) is 2.42. The molecule has 0 saturated heterocycles. The zero-order valence-corrected chi connectivity index (χ0v) is 14.9. The van der Waals surface area contributed by atoms with Crippen LogP contribution in [0.3, 0.4) is 0 Å². The van der Waals surface area contributed by atoms with Crippen molar-refractivity contribution in [2.75, 3.05) is 16.2 Å². The van der Waals surface area contributed by atoms with E-state index in [1.807, 2.05) is 6.07 Å². The van der Waals surface area contributed by atoms with Crippen LogP contribution >= 0.6 is 27.3 Å². The fourth-order valence-corrected chi connectivity index (χ4v) is 5.48. The molecule has 0 fully saturated rings. The van der Waals surface area contributed by atoms with Gasteiger partial charge in [0.25, 0.3) is 10.0 Å². The average Bonchev–Trinajstić information content (AvgIpc) is 3.04. The molecule has 0 spiro atoms. The Morgan fingerprint density at radius 1 is 1.32 bits per heavy atom. The van der Waals surface area contributed by atoms with Crippen LogP contribution < -0.4 is 9.62 Å². The highest BCUT2D eigenvalue weighted by Gasteiger charge is 2.23. The molecule has 1 aromatic carbocycles. The van der Waals surface area contributed by atoms with Gasteiger partial charge in [-0.1, -0.05) is 6.07 Å². The number of nitrogens with zero attached hydrogens (tertiary/aromatic N) is 1. The fraction of sp³-hybridized carbons (Fsp3) is 0.214. The molecule has 0 aliphatic carbocycles. The van der Waals surface area contributed by atoms with E-state index in [1.54, 1.807) is 29.2 Å². The van der Waals surface area contributed by atoms with Crippen molar-refractivity contribution in [3.8, 4) is 0 Å². The number of halogens is 1. The lowest BCUT2D eigenvalue weighted by Gasteiger charge is -2.16. The van der Waals surface area contributed by atoms with E-state index in [9.17, 15) is 13.2 Å². The van der Waals surface area contributed by atoms with Crippen molar-refractivity contribution < 1.29 is 13.2 Å². The molecule has 0 atom stereocenters. The van der Waals surface area contributed by atoms with Gasteiger partial charge in [0.1, 0.15) is 4.21 Å². The van der Waals surface area contributed by atoms with E-state index in [1.165, 1.54) is 6.92 Å². The predicted molar refractivity (Wildman–Crippen MR) is 91.0 cm³/mol. The van der Waals surface area contributed by atoms with Gasteiger partial charge in [-0.05, 0) is 52.2 Å². The topological polar surface area (TPSA) is 66.5 Å². The molecule has 0 unspecified atom stereocenters. The summed E-state index contributed by atoms with van der Waals surface area (Å²) in [4.78, 5) is 13.3. The summed E-state index contributed by atoms with van der Waals surface area (Å²) in [6.45, 7) is 2.15. The van der Waals surface area contributed by atoms with Crippen molar-refractivity contribution in [3.63, 3.8) is 0 Å². The number of sulfonamides is 1. The van der Waals surface area contributed by atoms with Gasteiger partial charge in [-0.25, -0.2) is 8.42 Å². The molecule has 5 nitrogen and oxygen atoms in total. The minimum atomic E-state index is -3.61. The first kappa shape index (κ1) is 15.5. The van der Waals surface area contributed by atoms with Gasteiger partial charge in [-0.2, -0.15) is 0 Å². The summed E-state index contributed by atoms with van der Waals surface area (Å²) in [5.74, 6) is -0.0408. The molecule has 1 amide bonds. The SMILES string of the molecule is CC(=O)N1CCc2ccc(NS(=O)(=O)c3ccc(Br)s3)cc21. The van der Waals surface area contributed by atoms with Crippen LogP contribution in [0.25, 0.3) is 0 Å². The van der Waals surface area contributed by atoms with Crippen molar-refractivity contribution in [2.45, 2.75) is 17.6 Å². The molecule has 22 heavy (non-hydrogen) atoms. The Bertz CT molecular complexity index is 846. The Labute approximate surface area is 141 Å². The van der Waals surface area contributed by atoms with E-state index in [0.29, 0.717) is 12.2 Å².